The van der Waals surface area contributed by atoms with Gasteiger partial charge in [-0.3, -0.25) is 0 Å². The third-order valence-electron chi connectivity index (χ3n) is 4.33. The Morgan fingerprint density at radius 2 is 1.62 bits per heavy atom. The smallest absolute Gasteiger partial charge is 0.315 e. The maximum absolute atomic E-state index is 13.0. The van der Waals surface area contributed by atoms with Crippen LogP contribution in [0.1, 0.15) is 43.0 Å². The van der Waals surface area contributed by atoms with Crippen molar-refractivity contribution >= 4 is 17.6 Å². The second-order valence-electron chi connectivity index (χ2n) is 6.26. The van der Waals surface area contributed by atoms with Gasteiger partial charge in [-0.15, -0.1) is 0 Å². The van der Waals surface area contributed by atoms with Crippen LogP contribution in [0.3, 0.4) is 0 Å². The van der Waals surface area contributed by atoms with Crippen LogP contribution in [0.2, 0.25) is 5.02 Å². The molecule has 1 saturated carbocycles. The summed E-state index contributed by atoms with van der Waals surface area (Å²) in [4.78, 5) is 12.4. The summed E-state index contributed by atoms with van der Waals surface area (Å²) >= 11 is 5.94. The molecule has 2 aromatic rings. The summed E-state index contributed by atoms with van der Waals surface area (Å²) < 4.78 is 13.0. The summed E-state index contributed by atoms with van der Waals surface area (Å²) in [6.45, 7) is 1.88. The molecule has 1 aliphatic rings. The van der Waals surface area contributed by atoms with Gasteiger partial charge in [0.05, 0.1) is 12.1 Å². The maximum Gasteiger partial charge on any atom is 0.315 e. The average molecular weight is 347 g/mol. The summed E-state index contributed by atoms with van der Waals surface area (Å²) in [5.41, 5.74) is 1.92. The van der Waals surface area contributed by atoms with E-state index in [0.29, 0.717) is 10.9 Å². The molecule has 5 heteroatoms. The highest BCUT2D eigenvalue weighted by Gasteiger charge is 2.33. The van der Waals surface area contributed by atoms with Crippen LogP contribution in [0.25, 0.3) is 0 Å². The summed E-state index contributed by atoms with van der Waals surface area (Å²) in [5.74, 6) is 0.185. The van der Waals surface area contributed by atoms with E-state index >= 15 is 0 Å². The highest BCUT2D eigenvalue weighted by molar-refractivity contribution is 6.30. The Labute approximate surface area is 146 Å². The number of nitrogens with one attached hydrogen (secondary N) is 2. The molecule has 2 aromatic carbocycles. The molecule has 0 spiro atoms. The van der Waals surface area contributed by atoms with Gasteiger partial charge in [0.25, 0.3) is 0 Å². The van der Waals surface area contributed by atoms with Crippen LogP contribution in [0.4, 0.5) is 9.18 Å². The molecule has 126 valence electrons. The van der Waals surface area contributed by atoms with Crippen molar-refractivity contribution in [1.82, 2.24) is 10.6 Å². The molecule has 3 nitrogen and oxygen atoms in total. The summed E-state index contributed by atoms with van der Waals surface area (Å²) in [6.07, 6.45) is 2.22. The zero-order valence-electron chi connectivity index (χ0n) is 13.4. The predicted molar refractivity (Wildman–Crippen MR) is 93.4 cm³/mol. The van der Waals surface area contributed by atoms with Crippen LogP contribution >= 0.6 is 11.6 Å². The number of amides is 2. The molecule has 0 unspecified atom stereocenters. The molecular weight excluding hydrogens is 327 g/mol. The number of rotatable bonds is 5. The Morgan fingerprint density at radius 3 is 2.21 bits per heavy atom. The van der Waals surface area contributed by atoms with Crippen LogP contribution in [0.5, 0.6) is 0 Å². The van der Waals surface area contributed by atoms with E-state index in [2.05, 4.69) is 10.6 Å². The second-order valence-corrected chi connectivity index (χ2v) is 6.69. The van der Waals surface area contributed by atoms with E-state index in [0.717, 1.165) is 24.0 Å². The lowest BCUT2D eigenvalue weighted by molar-refractivity contribution is 0.232. The molecule has 0 heterocycles. The van der Waals surface area contributed by atoms with Crippen molar-refractivity contribution in [1.29, 1.82) is 0 Å². The molecule has 0 saturated heterocycles. The average Bonchev–Trinajstić information content (AvgIpc) is 3.39. The molecule has 0 aromatic heterocycles. The van der Waals surface area contributed by atoms with Crippen LogP contribution < -0.4 is 10.6 Å². The molecule has 0 aliphatic heterocycles. The van der Waals surface area contributed by atoms with E-state index in [9.17, 15) is 9.18 Å². The Bertz CT molecular complexity index is 698. The first-order valence-corrected chi connectivity index (χ1v) is 8.48. The number of benzene rings is 2. The molecule has 2 N–H and O–H groups in total. The minimum absolute atomic E-state index is 0.0114. The fourth-order valence-electron chi connectivity index (χ4n) is 2.79. The van der Waals surface area contributed by atoms with E-state index in [1.807, 2.05) is 31.2 Å². The Morgan fingerprint density at radius 1 is 1.04 bits per heavy atom. The van der Waals surface area contributed by atoms with E-state index in [4.69, 9.17) is 11.6 Å². The molecule has 2 atom stereocenters. The van der Waals surface area contributed by atoms with Gasteiger partial charge in [0, 0.05) is 5.02 Å². The zero-order chi connectivity index (χ0) is 17.1. The zero-order valence-corrected chi connectivity index (χ0v) is 14.2. The number of hydrogen-bond acceptors (Lipinski definition) is 1. The number of hydrogen-bond donors (Lipinski definition) is 2. The van der Waals surface area contributed by atoms with Gasteiger partial charge in [0.2, 0.25) is 0 Å². The highest BCUT2D eigenvalue weighted by atomic mass is 35.5. The van der Waals surface area contributed by atoms with Crippen LogP contribution in [-0.2, 0) is 0 Å². The van der Waals surface area contributed by atoms with Crippen LogP contribution in [0, 0.1) is 11.7 Å². The van der Waals surface area contributed by atoms with Gasteiger partial charge in [-0.2, -0.15) is 0 Å². The van der Waals surface area contributed by atoms with E-state index in [-0.39, 0.29) is 23.9 Å². The van der Waals surface area contributed by atoms with Gasteiger partial charge in [-0.1, -0.05) is 35.9 Å². The highest BCUT2D eigenvalue weighted by Crippen LogP contribution is 2.41. The summed E-state index contributed by atoms with van der Waals surface area (Å²) in [7, 11) is 0. The Balaban J connectivity index is 1.63. The fourth-order valence-corrected chi connectivity index (χ4v) is 2.91. The van der Waals surface area contributed by atoms with Crippen molar-refractivity contribution in [3.63, 3.8) is 0 Å². The summed E-state index contributed by atoms with van der Waals surface area (Å²) in [6, 6.07) is 13.3. The van der Waals surface area contributed by atoms with Gasteiger partial charge >= 0.3 is 6.03 Å². The van der Waals surface area contributed by atoms with Crippen molar-refractivity contribution in [3.05, 3.63) is 70.5 Å². The Hall–Kier alpha value is -2.07. The molecule has 24 heavy (non-hydrogen) atoms. The SMILES string of the molecule is C[C@H](NC(=O)N[C@H](c1ccc(Cl)cc1)C1CC1)c1ccc(F)cc1. The lowest BCUT2D eigenvalue weighted by atomic mass is 10.0. The summed E-state index contributed by atoms with van der Waals surface area (Å²) in [5, 5.41) is 6.65. The van der Waals surface area contributed by atoms with Crippen LogP contribution in [0.15, 0.2) is 48.5 Å². The Kier molecular flexibility index (Phi) is 5.05. The number of urea groups is 1. The first-order chi connectivity index (χ1) is 11.5. The maximum atomic E-state index is 13.0. The van der Waals surface area contributed by atoms with Crippen molar-refractivity contribution in [2.24, 2.45) is 5.92 Å². The third kappa shape index (κ3) is 4.26. The van der Waals surface area contributed by atoms with Gasteiger partial charge in [0.15, 0.2) is 0 Å². The molecule has 3 rings (SSSR count). The minimum Gasteiger partial charge on any atom is -0.332 e. The van der Waals surface area contributed by atoms with Gasteiger partial charge in [-0.05, 0) is 61.1 Å². The van der Waals surface area contributed by atoms with Crippen molar-refractivity contribution < 1.29 is 9.18 Å². The van der Waals surface area contributed by atoms with Crippen LogP contribution in [-0.4, -0.2) is 6.03 Å². The molecule has 1 aliphatic carbocycles. The number of halogens is 2. The monoisotopic (exact) mass is 346 g/mol. The van der Waals surface area contributed by atoms with Gasteiger partial charge < -0.3 is 10.6 Å². The molecule has 0 bridgehead atoms. The first-order valence-electron chi connectivity index (χ1n) is 8.11. The second kappa shape index (κ2) is 7.22. The molecule has 1 fully saturated rings. The molecular formula is C19H20ClFN2O. The van der Waals surface area contributed by atoms with Crippen molar-refractivity contribution in [2.45, 2.75) is 31.8 Å². The fraction of sp³-hybridized carbons (Fsp3) is 0.316. The van der Waals surface area contributed by atoms with Crippen molar-refractivity contribution in [3.8, 4) is 0 Å². The minimum atomic E-state index is -0.285. The largest absolute Gasteiger partial charge is 0.332 e. The lowest BCUT2D eigenvalue weighted by Crippen LogP contribution is -2.39. The van der Waals surface area contributed by atoms with E-state index < -0.39 is 0 Å². The number of carbonyl (C=O) groups excluding carboxylic acids is 1. The molecule has 0 radical (unpaired) electrons. The van der Waals surface area contributed by atoms with E-state index in [1.165, 1.54) is 12.1 Å². The standard InChI is InChI=1S/C19H20ClFN2O/c1-12(13-6-10-17(21)11-7-13)22-19(24)23-18(14-2-3-14)15-4-8-16(20)9-5-15/h4-12,14,18H,2-3H2,1H3,(H2,22,23,24)/t12-,18-/m0/s1. The van der Waals surface area contributed by atoms with Gasteiger partial charge in [-0.25, -0.2) is 9.18 Å². The lowest BCUT2D eigenvalue weighted by Gasteiger charge is -2.21. The quantitative estimate of drug-likeness (QED) is 0.786. The van der Waals surface area contributed by atoms with Gasteiger partial charge in [0.1, 0.15) is 5.82 Å². The molecule has 2 amide bonds. The normalized spacial score (nSPS) is 16.3. The topological polar surface area (TPSA) is 41.1 Å². The first kappa shape index (κ1) is 16.8. The predicted octanol–water partition coefficient (Wildman–Crippen LogP) is 4.99. The van der Waals surface area contributed by atoms with Crippen molar-refractivity contribution in [2.75, 3.05) is 0 Å². The number of carbonyl (C=O) groups is 1. The third-order valence-corrected chi connectivity index (χ3v) is 4.58. The van der Waals surface area contributed by atoms with E-state index in [1.54, 1.807) is 12.1 Å².